The van der Waals surface area contributed by atoms with Crippen molar-refractivity contribution in [2.24, 2.45) is 11.3 Å². The molecule has 4 heteroatoms. The fourth-order valence-electron chi connectivity index (χ4n) is 3.05. The zero-order chi connectivity index (χ0) is 12.1. The smallest absolute Gasteiger partial charge is 0.129 e. The Morgan fingerprint density at radius 1 is 1.53 bits per heavy atom. The second-order valence-electron chi connectivity index (χ2n) is 5.54. The van der Waals surface area contributed by atoms with Gasteiger partial charge in [-0.3, -0.25) is 0 Å². The van der Waals surface area contributed by atoms with Gasteiger partial charge in [0.1, 0.15) is 6.29 Å². The van der Waals surface area contributed by atoms with Crippen molar-refractivity contribution in [1.29, 1.82) is 0 Å². The molecule has 0 saturated carbocycles. The highest BCUT2D eigenvalue weighted by molar-refractivity contribution is 5.60. The predicted octanol–water partition coefficient (Wildman–Crippen LogP) is 0.686. The maximum absolute atomic E-state index is 11.3. The molecule has 2 saturated heterocycles. The van der Waals surface area contributed by atoms with E-state index >= 15 is 0 Å². The maximum Gasteiger partial charge on any atom is 0.129 e. The summed E-state index contributed by atoms with van der Waals surface area (Å²) in [5.74, 6) is 0.605. The molecule has 0 bridgehead atoms. The van der Waals surface area contributed by atoms with E-state index in [4.69, 9.17) is 9.84 Å². The Bertz CT molecular complexity index is 251. The Kier molecular flexibility index (Phi) is 4.54. The van der Waals surface area contributed by atoms with Crippen LogP contribution in [-0.2, 0) is 9.53 Å². The monoisotopic (exact) mass is 241 g/mol. The second kappa shape index (κ2) is 5.94. The molecular weight excluding hydrogens is 218 g/mol. The third-order valence-corrected chi connectivity index (χ3v) is 4.05. The van der Waals surface area contributed by atoms with Crippen LogP contribution in [0, 0.1) is 11.3 Å². The van der Waals surface area contributed by atoms with Crippen molar-refractivity contribution in [3.05, 3.63) is 0 Å². The summed E-state index contributed by atoms with van der Waals surface area (Å²) in [5, 5.41) is 8.94. The molecule has 17 heavy (non-hydrogen) atoms. The van der Waals surface area contributed by atoms with Crippen LogP contribution in [0.5, 0.6) is 0 Å². The van der Waals surface area contributed by atoms with Crippen molar-refractivity contribution in [1.82, 2.24) is 4.90 Å². The van der Waals surface area contributed by atoms with Gasteiger partial charge in [-0.25, -0.2) is 0 Å². The normalized spacial score (nSPS) is 35.0. The van der Waals surface area contributed by atoms with Crippen molar-refractivity contribution in [2.75, 3.05) is 39.5 Å². The SMILES string of the molecule is O=CC1(CN2CCC(CCO)C2)CCCOC1. The maximum atomic E-state index is 11.3. The topological polar surface area (TPSA) is 49.8 Å². The van der Waals surface area contributed by atoms with Crippen LogP contribution in [-0.4, -0.2) is 55.7 Å². The number of aliphatic hydroxyl groups is 1. The van der Waals surface area contributed by atoms with E-state index in [1.807, 2.05) is 0 Å². The van der Waals surface area contributed by atoms with Crippen molar-refractivity contribution in [3.8, 4) is 0 Å². The fourth-order valence-corrected chi connectivity index (χ4v) is 3.05. The van der Waals surface area contributed by atoms with Gasteiger partial charge in [0.15, 0.2) is 0 Å². The summed E-state index contributed by atoms with van der Waals surface area (Å²) in [7, 11) is 0. The largest absolute Gasteiger partial charge is 0.396 e. The molecule has 0 aromatic carbocycles. The number of carbonyl (C=O) groups is 1. The molecule has 2 aliphatic heterocycles. The summed E-state index contributed by atoms with van der Waals surface area (Å²) in [6.45, 7) is 4.57. The molecule has 98 valence electrons. The minimum atomic E-state index is -0.271. The first-order valence-electron chi connectivity index (χ1n) is 6.65. The molecule has 1 N–H and O–H groups in total. The number of hydrogen-bond acceptors (Lipinski definition) is 4. The third-order valence-electron chi connectivity index (χ3n) is 4.05. The molecule has 0 aromatic rings. The molecule has 2 aliphatic rings. The van der Waals surface area contributed by atoms with Gasteiger partial charge < -0.3 is 19.5 Å². The lowest BCUT2D eigenvalue weighted by Crippen LogP contribution is -2.43. The Morgan fingerprint density at radius 2 is 2.41 bits per heavy atom. The van der Waals surface area contributed by atoms with E-state index in [0.717, 1.165) is 58.2 Å². The predicted molar refractivity (Wildman–Crippen MR) is 64.8 cm³/mol. The molecule has 2 unspecified atom stereocenters. The van der Waals surface area contributed by atoms with Gasteiger partial charge in [-0.05, 0) is 38.1 Å². The van der Waals surface area contributed by atoms with Gasteiger partial charge in [-0.15, -0.1) is 0 Å². The minimum Gasteiger partial charge on any atom is -0.396 e. The van der Waals surface area contributed by atoms with Crippen molar-refractivity contribution in [2.45, 2.75) is 25.7 Å². The Labute approximate surface area is 103 Å². The fraction of sp³-hybridized carbons (Fsp3) is 0.923. The summed E-state index contributed by atoms with van der Waals surface area (Å²) in [4.78, 5) is 13.7. The number of ether oxygens (including phenoxy) is 1. The van der Waals surface area contributed by atoms with Gasteiger partial charge in [0.25, 0.3) is 0 Å². The van der Waals surface area contributed by atoms with Crippen LogP contribution in [0.1, 0.15) is 25.7 Å². The van der Waals surface area contributed by atoms with E-state index in [-0.39, 0.29) is 12.0 Å². The van der Waals surface area contributed by atoms with Gasteiger partial charge in [0, 0.05) is 26.3 Å². The minimum absolute atomic E-state index is 0.271. The van der Waals surface area contributed by atoms with Crippen molar-refractivity contribution < 1.29 is 14.6 Å². The van der Waals surface area contributed by atoms with Crippen molar-refractivity contribution in [3.63, 3.8) is 0 Å². The number of aliphatic hydroxyl groups excluding tert-OH is 1. The molecule has 2 heterocycles. The van der Waals surface area contributed by atoms with Crippen LogP contribution in [0.25, 0.3) is 0 Å². The van der Waals surface area contributed by atoms with Gasteiger partial charge in [0.2, 0.25) is 0 Å². The summed E-state index contributed by atoms with van der Waals surface area (Å²) < 4.78 is 5.46. The highest BCUT2D eigenvalue weighted by Crippen LogP contribution is 2.30. The van der Waals surface area contributed by atoms with E-state index in [1.165, 1.54) is 0 Å². The molecule has 2 rings (SSSR count). The third kappa shape index (κ3) is 3.27. The molecule has 2 fully saturated rings. The quantitative estimate of drug-likeness (QED) is 0.719. The molecule has 0 spiro atoms. The first-order valence-corrected chi connectivity index (χ1v) is 6.65. The molecule has 0 radical (unpaired) electrons. The van der Waals surface area contributed by atoms with E-state index < -0.39 is 0 Å². The lowest BCUT2D eigenvalue weighted by molar-refractivity contribution is -0.125. The Morgan fingerprint density at radius 3 is 3.06 bits per heavy atom. The average Bonchev–Trinajstić information content (AvgIpc) is 2.78. The van der Waals surface area contributed by atoms with Crippen LogP contribution in [0.4, 0.5) is 0 Å². The number of rotatable bonds is 5. The first-order chi connectivity index (χ1) is 8.28. The highest BCUT2D eigenvalue weighted by atomic mass is 16.5. The summed E-state index contributed by atoms with van der Waals surface area (Å²) in [5.41, 5.74) is -0.271. The second-order valence-corrected chi connectivity index (χ2v) is 5.54. The van der Waals surface area contributed by atoms with Crippen LogP contribution in [0.2, 0.25) is 0 Å². The van der Waals surface area contributed by atoms with Gasteiger partial charge >= 0.3 is 0 Å². The van der Waals surface area contributed by atoms with Gasteiger partial charge in [-0.1, -0.05) is 0 Å². The Hall–Kier alpha value is -0.450. The van der Waals surface area contributed by atoms with Gasteiger partial charge in [-0.2, -0.15) is 0 Å². The summed E-state index contributed by atoms with van der Waals surface area (Å²) in [6, 6.07) is 0. The van der Waals surface area contributed by atoms with E-state index in [0.29, 0.717) is 12.5 Å². The molecule has 0 aromatic heterocycles. The van der Waals surface area contributed by atoms with Crippen LogP contribution < -0.4 is 0 Å². The van der Waals surface area contributed by atoms with Crippen LogP contribution in [0.3, 0.4) is 0 Å². The lowest BCUT2D eigenvalue weighted by atomic mass is 9.83. The zero-order valence-corrected chi connectivity index (χ0v) is 10.4. The number of likely N-dealkylation sites (tertiary alicyclic amines) is 1. The molecule has 2 atom stereocenters. The molecular formula is C13H23NO3. The Balaban J connectivity index is 1.85. The number of hydrogen-bond donors (Lipinski definition) is 1. The van der Waals surface area contributed by atoms with E-state index in [9.17, 15) is 4.79 Å². The average molecular weight is 241 g/mol. The van der Waals surface area contributed by atoms with E-state index in [1.54, 1.807) is 0 Å². The number of carbonyl (C=O) groups excluding carboxylic acids is 1. The first kappa shape index (κ1) is 13.0. The number of nitrogens with zero attached hydrogens (tertiary/aromatic N) is 1. The number of aldehydes is 1. The van der Waals surface area contributed by atoms with E-state index in [2.05, 4.69) is 4.90 Å². The van der Waals surface area contributed by atoms with Gasteiger partial charge in [0.05, 0.1) is 12.0 Å². The standard InChI is InChI=1S/C13H23NO3/c15-6-3-12-2-5-14(8-12)9-13(10-16)4-1-7-17-11-13/h10,12,15H,1-9,11H2. The van der Waals surface area contributed by atoms with Crippen LogP contribution >= 0.6 is 0 Å². The van der Waals surface area contributed by atoms with Crippen molar-refractivity contribution >= 4 is 6.29 Å². The lowest BCUT2D eigenvalue weighted by Gasteiger charge is -2.35. The molecule has 4 nitrogen and oxygen atoms in total. The zero-order valence-electron chi connectivity index (χ0n) is 10.4. The van der Waals surface area contributed by atoms with Crippen LogP contribution in [0.15, 0.2) is 0 Å². The summed E-state index contributed by atoms with van der Waals surface area (Å²) >= 11 is 0. The summed E-state index contributed by atoms with van der Waals surface area (Å²) in [6.07, 6.45) is 5.09. The highest BCUT2D eigenvalue weighted by Gasteiger charge is 2.36. The molecule has 0 aliphatic carbocycles. The molecule has 0 amide bonds.